The largest absolute Gasteiger partial charge is 0.479 e. The molecule has 1 aliphatic rings. The van der Waals surface area contributed by atoms with E-state index in [1.54, 1.807) is 0 Å². The monoisotopic (exact) mass is 206 g/mol. The van der Waals surface area contributed by atoms with E-state index in [-0.39, 0.29) is 6.42 Å². The van der Waals surface area contributed by atoms with Crippen molar-refractivity contribution < 1.29 is 15.0 Å². The van der Waals surface area contributed by atoms with Crippen LogP contribution in [-0.2, 0) is 24.1 Å². The highest BCUT2D eigenvalue weighted by Crippen LogP contribution is 2.25. The van der Waals surface area contributed by atoms with Crippen molar-refractivity contribution in [2.75, 3.05) is 0 Å². The molecule has 0 heterocycles. The molecule has 0 fully saturated rings. The number of aliphatic hydroxyl groups excluding tert-OH is 1. The van der Waals surface area contributed by atoms with Crippen LogP contribution in [0.2, 0.25) is 0 Å². The summed E-state index contributed by atoms with van der Waals surface area (Å²) in [4.78, 5) is 10.6. The molecule has 3 heteroatoms. The molecule has 2 rings (SSSR count). The Hall–Kier alpha value is -1.35. The van der Waals surface area contributed by atoms with Crippen LogP contribution in [0.4, 0.5) is 0 Å². The maximum Gasteiger partial charge on any atom is 0.332 e. The zero-order valence-electron chi connectivity index (χ0n) is 8.44. The summed E-state index contributed by atoms with van der Waals surface area (Å²) in [6, 6.07) is 5.93. The molecule has 3 nitrogen and oxygen atoms in total. The van der Waals surface area contributed by atoms with Gasteiger partial charge in [0, 0.05) is 6.42 Å². The van der Waals surface area contributed by atoms with Gasteiger partial charge in [-0.1, -0.05) is 18.2 Å². The predicted molar refractivity (Wildman–Crippen MR) is 55.8 cm³/mol. The lowest BCUT2D eigenvalue weighted by Gasteiger charge is -2.10. The maximum absolute atomic E-state index is 10.6. The number of carboxylic acid groups (broad SMARTS) is 1. The van der Waals surface area contributed by atoms with E-state index in [1.165, 1.54) is 11.1 Å². The lowest BCUT2D eigenvalue weighted by atomic mass is 9.98. The molecule has 0 bridgehead atoms. The van der Waals surface area contributed by atoms with Gasteiger partial charge >= 0.3 is 5.97 Å². The van der Waals surface area contributed by atoms with Crippen molar-refractivity contribution in [2.24, 2.45) is 0 Å². The van der Waals surface area contributed by atoms with Gasteiger partial charge in [0.05, 0.1) is 0 Å². The number of aliphatic carboxylic acids is 1. The summed E-state index contributed by atoms with van der Waals surface area (Å²) in [6.45, 7) is 0. The molecule has 0 aromatic heterocycles. The SMILES string of the molecule is O=C(O)C(O)Cc1cccc2c1CCC2. The van der Waals surface area contributed by atoms with E-state index in [0.717, 1.165) is 24.8 Å². The van der Waals surface area contributed by atoms with Crippen molar-refractivity contribution in [3.8, 4) is 0 Å². The Balaban J connectivity index is 2.22. The summed E-state index contributed by atoms with van der Waals surface area (Å²) in [7, 11) is 0. The van der Waals surface area contributed by atoms with E-state index in [4.69, 9.17) is 5.11 Å². The second-order valence-electron chi connectivity index (χ2n) is 3.97. The minimum Gasteiger partial charge on any atom is -0.479 e. The molecule has 0 amide bonds. The molecular weight excluding hydrogens is 192 g/mol. The normalized spacial score (nSPS) is 16.1. The van der Waals surface area contributed by atoms with Gasteiger partial charge in [0.1, 0.15) is 0 Å². The molecule has 0 spiro atoms. The first-order valence-electron chi connectivity index (χ1n) is 5.19. The number of carbonyl (C=O) groups is 1. The van der Waals surface area contributed by atoms with E-state index in [9.17, 15) is 9.90 Å². The second kappa shape index (κ2) is 4.03. The van der Waals surface area contributed by atoms with Crippen molar-refractivity contribution in [3.63, 3.8) is 0 Å². The standard InChI is InChI=1S/C12H14O3/c13-11(12(14)15)7-9-5-1-3-8-4-2-6-10(8)9/h1,3,5,11,13H,2,4,6-7H2,(H,14,15). The number of rotatable bonds is 3. The minimum absolute atomic E-state index is 0.221. The summed E-state index contributed by atoms with van der Waals surface area (Å²) in [5.74, 6) is -1.15. The van der Waals surface area contributed by atoms with Gasteiger partial charge in [-0.15, -0.1) is 0 Å². The molecule has 1 aromatic rings. The zero-order valence-corrected chi connectivity index (χ0v) is 8.44. The van der Waals surface area contributed by atoms with Crippen LogP contribution in [0.5, 0.6) is 0 Å². The maximum atomic E-state index is 10.6. The van der Waals surface area contributed by atoms with Gasteiger partial charge in [0.15, 0.2) is 6.10 Å². The van der Waals surface area contributed by atoms with Crippen LogP contribution in [0.15, 0.2) is 18.2 Å². The van der Waals surface area contributed by atoms with E-state index >= 15 is 0 Å². The van der Waals surface area contributed by atoms with Crippen LogP contribution >= 0.6 is 0 Å². The number of aryl methyl sites for hydroxylation is 1. The van der Waals surface area contributed by atoms with E-state index in [1.807, 2.05) is 12.1 Å². The number of carboxylic acids is 1. The summed E-state index contributed by atoms with van der Waals surface area (Å²) in [6.07, 6.45) is 2.16. The smallest absolute Gasteiger partial charge is 0.332 e. The molecule has 0 aliphatic heterocycles. The van der Waals surface area contributed by atoms with E-state index in [2.05, 4.69) is 6.07 Å². The third-order valence-electron chi connectivity index (χ3n) is 2.94. The van der Waals surface area contributed by atoms with Gasteiger partial charge in [0.25, 0.3) is 0 Å². The Kier molecular flexibility index (Phi) is 2.73. The van der Waals surface area contributed by atoms with Crippen molar-refractivity contribution in [2.45, 2.75) is 31.8 Å². The fourth-order valence-corrected chi connectivity index (χ4v) is 2.19. The van der Waals surface area contributed by atoms with Gasteiger partial charge in [0.2, 0.25) is 0 Å². The minimum atomic E-state index is -1.28. The summed E-state index contributed by atoms with van der Waals surface area (Å²) >= 11 is 0. The van der Waals surface area contributed by atoms with E-state index < -0.39 is 12.1 Å². The summed E-state index contributed by atoms with van der Waals surface area (Å²) in [5, 5.41) is 18.0. The first kappa shape index (κ1) is 10.2. The third-order valence-corrected chi connectivity index (χ3v) is 2.94. The highest BCUT2D eigenvalue weighted by Gasteiger charge is 2.19. The molecule has 1 unspecified atom stereocenters. The van der Waals surface area contributed by atoms with Crippen molar-refractivity contribution in [1.82, 2.24) is 0 Å². The Morgan fingerprint density at radius 1 is 1.40 bits per heavy atom. The Labute approximate surface area is 88.4 Å². The zero-order chi connectivity index (χ0) is 10.8. The van der Waals surface area contributed by atoms with Gasteiger partial charge in [-0.2, -0.15) is 0 Å². The van der Waals surface area contributed by atoms with Crippen LogP contribution in [0.25, 0.3) is 0 Å². The van der Waals surface area contributed by atoms with Crippen LogP contribution in [0, 0.1) is 0 Å². The molecule has 0 radical (unpaired) electrons. The topological polar surface area (TPSA) is 57.5 Å². The van der Waals surface area contributed by atoms with Crippen molar-refractivity contribution >= 4 is 5.97 Å². The summed E-state index contributed by atoms with van der Waals surface area (Å²) in [5.41, 5.74) is 3.54. The summed E-state index contributed by atoms with van der Waals surface area (Å²) < 4.78 is 0. The number of hydrogen-bond donors (Lipinski definition) is 2. The molecule has 0 saturated carbocycles. The van der Waals surface area contributed by atoms with Crippen molar-refractivity contribution in [3.05, 3.63) is 34.9 Å². The molecular formula is C12H14O3. The average Bonchev–Trinajstić information content (AvgIpc) is 2.66. The molecule has 1 atom stereocenters. The molecule has 1 aromatic carbocycles. The third kappa shape index (κ3) is 2.02. The van der Waals surface area contributed by atoms with Crippen LogP contribution in [-0.4, -0.2) is 22.3 Å². The highest BCUT2D eigenvalue weighted by atomic mass is 16.4. The first-order chi connectivity index (χ1) is 7.18. The quantitative estimate of drug-likeness (QED) is 0.780. The van der Waals surface area contributed by atoms with Crippen molar-refractivity contribution in [1.29, 1.82) is 0 Å². The Morgan fingerprint density at radius 3 is 2.93 bits per heavy atom. The molecule has 2 N–H and O–H groups in total. The fourth-order valence-electron chi connectivity index (χ4n) is 2.19. The van der Waals surface area contributed by atoms with Crippen LogP contribution in [0.1, 0.15) is 23.1 Å². The Bertz CT molecular complexity index is 384. The lowest BCUT2D eigenvalue weighted by molar-refractivity contribution is -0.146. The van der Waals surface area contributed by atoms with Gasteiger partial charge in [-0.05, 0) is 36.0 Å². The van der Waals surface area contributed by atoms with Crippen LogP contribution < -0.4 is 0 Å². The average molecular weight is 206 g/mol. The molecule has 0 saturated heterocycles. The fraction of sp³-hybridized carbons (Fsp3) is 0.417. The molecule has 80 valence electrons. The number of aliphatic hydroxyl groups is 1. The molecule has 1 aliphatic carbocycles. The lowest BCUT2D eigenvalue weighted by Crippen LogP contribution is -2.22. The number of hydrogen-bond acceptors (Lipinski definition) is 2. The number of fused-ring (bicyclic) bond motifs is 1. The van der Waals surface area contributed by atoms with E-state index in [0.29, 0.717) is 0 Å². The Morgan fingerprint density at radius 2 is 2.20 bits per heavy atom. The first-order valence-corrected chi connectivity index (χ1v) is 5.19. The second-order valence-corrected chi connectivity index (χ2v) is 3.97. The highest BCUT2D eigenvalue weighted by molar-refractivity contribution is 5.72. The van der Waals surface area contributed by atoms with Gasteiger partial charge in [-0.25, -0.2) is 4.79 Å². The predicted octanol–water partition coefficient (Wildman–Crippen LogP) is 1.16. The van der Waals surface area contributed by atoms with Gasteiger partial charge < -0.3 is 10.2 Å². The van der Waals surface area contributed by atoms with Gasteiger partial charge in [-0.3, -0.25) is 0 Å². The van der Waals surface area contributed by atoms with Crippen LogP contribution in [0.3, 0.4) is 0 Å². The number of benzene rings is 1. The molecule has 15 heavy (non-hydrogen) atoms.